The number of rotatable bonds is 5. The number of piperazine rings is 1. The van der Waals surface area contributed by atoms with Crippen molar-refractivity contribution < 1.29 is 9.53 Å². The molecule has 4 nitrogen and oxygen atoms in total. The van der Waals surface area contributed by atoms with Crippen molar-refractivity contribution in [2.75, 3.05) is 39.8 Å². The number of carbonyl (C=O) groups is 1. The fraction of sp³-hybridized carbons (Fsp3) is 0.381. The van der Waals surface area contributed by atoms with Gasteiger partial charge in [-0.05, 0) is 37.1 Å². The lowest BCUT2D eigenvalue weighted by Crippen LogP contribution is -2.49. The summed E-state index contributed by atoms with van der Waals surface area (Å²) in [6.07, 6.45) is 0.968. The number of carbonyl (C=O) groups excluding carboxylic acids is 1. The minimum atomic E-state index is 0.146. The first kappa shape index (κ1) is 17.5. The van der Waals surface area contributed by atoms with Gasteiger partial charge in [-0.1, -0.05) is 35.9 Å². The van der Waals surface area contributed by atoms with Gasteiger partial charge < -0.3 is 9.64 Å². The van der Waals surface area contributed by atoms with Crippen LogP contribution in [0.15, 0.2) is 48.5 Å². The van der Waals surface area contributed by atoms with Crippen LogP contribution in [0.3, 0.4) is 0 Å². The summed E-state index contributed by atoms with van der Waals surface area (Å²) in [5.41, 5.74) is 3.16. The van der Waals surface area contributed by atoms with E-state index in [0.717, 1.165) is 56.0 Å². The average Bonchev–Trinajstić information content (AvgIpc) is 2.66. The molecule has 3 rings (SSSR count). The first-order valence-electron chi connectivity index (χ1n) is 8.87. The third kappa shape index (κ3) is 4.40. The van der Waals surface area contributed by atoms with Gasteiger partial charge >= 0.3 is 0 Å². The Hall–Kier alpha value is -2.33. The lowest BCUT2D eigenvalue weighted by molar-refractivity contribution is 0.0638. The fourth-order valence-corrected chi connectivity index (χ4v) is 3.32. The summed E-state index contributed by atoms with van der Waals surface area (Å²) in [4.78, 5) is 17.0. The Balaban J connectivity index is 1.51. The molecule has 1 saturated heterocycles. The van der Waals surface area contributed by atoms with Crippen molar-refractivity contribution >= 4 is 5.91 Å². The van der Waals surface area contributed by atoms with E-state index in [4.69, 9.17) is 4.74 Å². The van der Waals surface area contributed by atoms with Gasteiger partial charge in [0.05, 0.1) is 7.11 Å². The molecule has 0 radical (unpaired) electrons. The number of ether oxygens (including phenoxy) is 1. The molecule has 0 bridgehead atoms. The van der Waals surface area contributed by atoms with E-state index >= 15 is 0 Å². The van der Waals surface area contributed by atoms with E-state index in [-0.39, 0.29) is 5.91 Å². The second-order valence-electron chi connectivity index (χ2n) is 6.57. The Morgan fingerprint density at radius 3 is 2.52 bits per heavy atom. The van der Waals surface area contributed by atoms with Crippen molar-refractivity contribution in [1.82, 2.24) is 9.80 Å². The summed E-state index contributed by atoms with van der Waals surface area (Å²) in [5.74, 6) is 1.10. The molecule has 1 aliphatic heterocycles. The van der Waals surface area contributed by atoms with Crippen LogP contribution in [-0.2, 0) is 6.42 Å². The monoisotopic (exact) mass is 338 g/mol. The minimum Gasteiger partial charge on any atom is -0.496 e. The first-order valence-corrected chi connectivity index (χ1v) is 8.87. The predicted molar refractivity (Wildman–Crippen MR) is 100 cm³/mol. The lowest BCUT2D eigenvalue weighted by Gasteiger charge is -2.35. The molecule has 2 aromatic carbocycles. The van der Waals surface area contributed by atoms with Crippen LogP contribution in [-0.4, -0.2) is 55.5 Å². The van der Waals surface area contributed by atoms with Crippen molar-refractivity contribution in [2.24, 2.45) is 0 Å². The Kier molecular flexibility index (Phi) is 5.71. The lowest BCUT2D eigenvalue weighted by atomic mass is 10.1. The van der Waals surface area contributed by atoms with E-state index in [1.807, 2.05) is 48.2 Å². The van der Waals surface area contributed by atoms with Crippen molar-refractivity contribution in [3.05, 3.63) is 65.2 Å². The molecule has 0 N–H and O–H groups in total. The van der Waals surface area contributed by atoms with Gasteiger partial charge in [-0.3, -0.25) is 9.69 Å². The van der Waals surface area contributed by atoms with Crippen molar-refractivity contribution in [2.45, 2.75) is 13.3 Å². The Morgan fingerprint density at radius 2 is 1.80 bits per heavy atom. The second-order valence-corrected chi connectivity index (χ2v) is 6.57. The first-order chi connectivity index (χ1) is 12.2. The highest BCUT2D eigenvalue weighted by atomic mass is 16.5. The van der Waals surface area contributed by atoms with Gasteiger partial charge in [0.15, 0.2) is 0 Å². The Labute approximate surface area is 150 Å². The SMILES string of the molecule is COc1ccccc1CCN1CCN(C(=O)c2cccc(C)c2)CC1. The van der Waals surface area contributed by atoms with E-state index in [1.54, 1.807) is 7.11 Å². The quantitative estimate of drug-likeness (QED) is 0.840. The van der Waals surface area contributed by atoms with Crippen LogP contribution in [0.4, 0.5) is 0 Å². The minimum absolute atomic E-state index is 0.146. The Morgan fingerprint density at radius 1 is 1.04 bits per heavy atom. The maximum atomic E-state index is 12.6. The molecule has 2 aromatic rings. The summed E-state index contributed by atoms with van der Waals surface area (Å²) >= 11 is 0. The van der Waals surface area contributed by atoms with Crippen LogP contribution in [0.1, 0.15) is 21.5 Å². The molecule has 4 heteroatoms. The van der Waals surface area contributed by atoms with Gasteiger partial charge in [-0.25, -0.2) is 0 Å². The maximum Gasteiger partial charge on any atom is 0.253 e. The molecule has 0 spiro atoms. The molecule has 132 valence electrons. The number of benzene rings is 2. The molecule has 0 atom stereocenters. The molecule has 0 unspecified atom stereocenters. The van der Waals surface area contributed by atoms with Gasteiger partial charge in [-0.2, -0.15) is 0 Å². The largest absolute Gasteiger partial charge is 0.496 e. The molecule has 25 heavy (non-hydrogen) atoms. The highest BCUT2D eigenvalue weighted by molar-refractivity contribution is 5.94. The maximum absolute atomic E-state index is 12.6. The number of amides is 1. The molecule has 1 heterocycles. The standard InChI is InChI=1S/C21H26N2O2/c1-17-6-5-8-19(16-17)21(24)23-14-12-22(13-15-23)11-10-18-7-3-4-9-20(18)25-2/h3-9,16H,10-15H2,1-2H3. The molecule has 0 aromatic heterocycles. The number of hydrogen-bond donors (Lipinski definition) is 0. The molecular formula is C21H26N2O2. The normalized spacial score (nSPS) is 15.2. The summed E-state index contributed by atoms with van der Waals surface area (Å²) < 4.78 is 5.42. The number of nitrogens with zero attached hydrogens (tertiary/aromatic N) is 2. The van der Waals surface area contributed by atoms with Crippen LogP contribution in [0.25, 0.3) is 0 Å². The molecule has 0 saturated carbocycles. The highest BCUT2D eigenvalue weighted by Crippen LogP contribution is 2.18. The van der Waals surface area contributed by atoms with Gasteiger partial charge in [0.25, 0.3) is 5.91 Å². The summed E-state index contributed by atoms with van der Waals surface area (Å²) in [7, 11) is 1.72. The zero-order valence-electron chi connectivity index (χ0n) is 15.1. The topological polar surface area (TPSA) is 32.8 Å². The van der Waals surface area contributed by atoms with E-state index < -0.39 is 0 Å². The average molecular weight is 338 g/mol. The zero-order valence-corrected chi connectivity index (χ0v) is 15.1. The summed E-state index contributed by atoms with van der Waals surface area (Å²) in [6.45, 7) is 6.44. The number of para-hydroxylation sites is 1. The fourth-order valence-electron chi connectivity index (χ4n) is 3.32. The second kappa shape index (κ2) is 8.17. The third-order valence-corrected chi connectivity index (χ3v) is 4.81. The van der Waals surface area contributed by atoms with Crippen LogP contribution in [0.2, 0.25) is 0 Å². The predicted octanol–water partition coefficient (Wildman–Crippen LogP) is 3.00. The Bertz CT molecular complexity index is 721. The zero-order chi connectivity index (χ0) is 17.6. The number of aryl methyl sites for hydroxylation is 1. The van der Waals surface area contributed by atoms with Crippen molar-refractivity contribution in [1.29, 1.82) is 0 Å². The number of methoxy groups -OCH3 is 1. The van der Waals surface area contributed by atoms with Gasteiger partial charge in [0.1, 0.15) is 5.75 Å². The summed E-state index contributed by atoms with van der Waals surface area (Å²) in [5, 5.41) is 0. The van der Waals surface area contributed by atoms with Crippen LogP contribution < -0.4 is 4.74 Å². The number of hydrogen-bond acceptors (Lipinski definition) is 3. The van der Waals surface area contributed by atoms with E-state index in [0.29, 0.717) is 0 Å². The van der Waals surface area contributed by atoms with E-state index in [9.17, 15) is 4.79 Å². The van der Waals surface area contributed by atoms with Gasteiger partial charge in [-0.15, -0.1) is 0 Å². The van der Waals surface area contributed by atoms with Crippen molar-refractivity contribution in [3.63, 3.8) is 0 Å². The highest BCUT2D eigenvalue weighted by Gasteiger charge is 2.22. The van der Waals surface area contributed by atoms with Crippen LogP contribution >= 0.6 is 0 Å². The molecule has 1 fully saturated rings. The van der Waals surface area contributed by atoms with Crippen molar-refractivity contribution in [3.8, 4) is 5.75 Å². The summed E-state index contributed by atoms with van der Waals surface area (Å²) in [6, 6.07) is 16.0. The molecule has 1 amide bonds. The van der Waals surface area contributed by atoms with E-state index in [1.165, 1.54) is 5.56 Å². The molecular weight excluding hydrogens is 312 g/mol. The van der Waals surface area contributed by atoms with Crippen LogP contribution in [0, 0.1) is 6.92 Å². The van der Waals surface area contributed by atoms with Crippen LogP contribution in [0.5, 0.6) is 5.75 Å². The third-order valence-electron chi connectivity index (χ3n) is 4.81. The smallest absolute Gasteiger partial charge is 0.253 e. The van der Waals surface area contributed by atoms with Gasteiger partial charge in [0, 0.05) is 38.3 Å². The van der Waals surface area contributed by atoms with Gasteiger partial charge in [0.2, 0.25) is 0 Å². The molecule has 0 aliphatic carbocycles. The molecule has 1 aliphatic rings. The van der Waals surface area contributed by atoms with E-state index in [2.05, 4.69) is 17.0 Å².